The first-order chi connectivity index (χ1) is 8.70. The van der Waals surface area contributed by atoms with E-state index in [0.29, 0.717) is 23.5 Å². The van der Waals surface area contributed by atoms with E-state index in [-0.39, 0.29) is 10.7 Å². The molecule has 3 unspecified atom stereocenters. The molecule has 3 heterocycles. The maximum Gasteiger partial charge on any atom is 0.305 e. The van der Waals surface area contributed by atoms with Gasteiger partial charge in [-0.15, -0.1) is 0 Å². The molecule has 94 valence electrons. The third-order valence-electron chi connectivity index (χ3n) is 4.23. The van der Waals surface area contributed by atoms with Gasteiger partial charge in [-0.05, 0) is 37.0 Å². The second-order valence-electron chi connectivity index (χ2n) is 5.28. The topological polar surface area (TPSA) is 44.9 Å². The fourth-order valence-electron chi connectivity index (χ4n) is 3.44. The summed E-state index contributed by atoms with van der Waals surface area (Å²) in [5.41, 5.74) is 1.39. The van der Waals surface area contributed by atoms with E-state index in [2.05, 4.69) is 10.3 Å². The van der Waals surface area contributed by atoms with Gasteiger partial charge in [0.05, 0.1) is 10.2 Å². The SMILES string of the molecule is O=c1[nH]c2c(F)cc(C3CC4CCC3N4)cc2s1. The number of thiazole rings is 1. The van der Waals surface area contributed by atoms with Crippen LogP contribution in [0.4, 0.5) is 4.39 Å². The molecule has 2 bridgehead atoms. The van der Waals surface area contributed by atoms with Crippen molar-refractivity contribution in [2.24, 2.45) is 0 Å². The van der Waals surface area contributed by atoms with Crippen LogP contribution < -0.4 is 10.2 Å². The number of aromatic nitrogens is 1. The minimum Gasteiger partial charge on any atom is -0.311 e. The Labute approximate surface area is 107 Å². The van der Waals surface area contributed by atoms with Crippen molar-refractivity contribution in [1.29, 1.82) is 0 Å². The van der Waals surface area contributed by atoms with E-state index in [0.717, 1.165) is 28.0 Å². The standard InChI is InChI=1S/C13H13FN2OS/c14-9-3-6(4-11-12(9)16-13(17)18-11)8-5-7-1-2-10(8)15-7/h3-4,7-8,10,15H,1-2,5H2,(H,16,17). The number of benzene rings is 1. The summed E-state index contributed by atoms with van der Waals surface area (Å²) in [7, 11) is 0. The normalized spacial score (nSPS) is 30.4. The molecule has 2 aliphatic heterocycles. The third-order valence-corrected chi connectivity index (χ3v) is 5.06. The molecule has 2 N–H and O–H groups in total. The fraction of sp³-hybridized carbons (Fsp3) is 0.462. The molecule has 0 amide bonds. The minimum absolute atomic E-state index is 0.188. The molecule has 0 saturated carbocycles. The Bertz CT molecular complexity index is 677. The smallest absolute Gasteiger partial charge is 0.305 e. The van der Waals surface area contributed by atoms with Crippen LogP contribution in [0.3, 0.4) is 0 Å². The monoisotopic (exact) mass is 264 g/mol. The van der Waals surface area contributed by atoms with Crippen molar-refractivity contribution in [1.82, 2.24) is 10.3 Å². The van der Waals surface area contributed by atoms with Crippen LogP contribution in [0.25, 0.3) is 10.2 Å². The van der Waals surface area contributed by atoms with Crippen molar-refractivity contribution in [2.45, 2.75) is 37.3 Å². The van der Waals surface area contributed by atoms with Crippen molar-refractivity contribution in [3.63, 3.8) is 0 Å². The van der Waals surface area contributed by atoms with E-state index >= 15 is 0 Å². The summed E-state index contributed by atoms with van der Waals surface area (Å²) in [5.74, 6) is 0.100. The number of aromatic amines is 1. The summed E-state index contributed by atoms with van der Waals surface area (Å²) in [6.45, 7) is 0. The second kappa shape index (κ2) is 3.65. The van der Waals surface area contributed by atoms with Gasteiger partial charge in [0.2, 0.25) is 0 Å². The maximum absolute atomic E-state index is 14.0. The van der Waals surface area contributed by atoms with E-state index in [4.69, 9.17) is 0 Å². The van der Waals surface area contributed by atoms with Crippen LogP contribution in [-0.4, -0.2) is 17.1 Å². The van der Waals surface area contributed by atoms with E-state index in [9.17, 15) is 9.18 Å². The molecule has 0 spiro atoms. The highest BCUT2D eigenvalue weighted by Crippen LogP contribution is 2.41. The highest BCUT2D eigenvalue weighted by molar-refractivity contribution is 7.16. The van der Waals surface area contributed by atoms with Crippen LogP contribution >= 0.6 is 11.3 Å². The van der Waals surface area contributed by atoms with Gasteiger partial charge in [0, 0.05) is 18.0 Å². The average molecular weight is 264 g/mol. The molecule has 0 radical (unpaired) electrons. The summed E-state index contributed by atoms with van der Waals surface area (Å²) in [6.07, 6.45) is 3.51. The van der Waals surface area contributed by atoms with Gasteiger partial charge in [0.25, 0.3) is 0 Å². The van der Waals surface area contributed by atoms with Gasteiger partial charge in [-0.25, -0.2) is 4.39 Å². The number of rotatable bonds is 1. The van der Waals surface area contributed by atoms with Gasteiger partial charge >= 0.3 is 4.87 Å². The zero-order valence-electron chi connectivity index (χ0n) is 9.70. The molecule has 5 heteroatoms. The summed E-state index contributed by atoms with van der Waals surface area (Å²) in [5, 5.41) is 3.56. The Balaban J connectivity index is 1.83. The molecule has 2 fully saturated rings. The lowest BCUT2D eigenvalue weighted by Crippen LogP contribution is -2.21. The average Bonchev–Trinajstić information content (AvgIpc) is 3.01. The van der Waals surface area contributed by atoms with Gasteiger partial charge in [-0.2, -0.15) is 0 Å². The Morgan fingerprint density at radius 2 is 2.22 bits per heavy atom. The molecule has 2 saturated heterocycles. The van der Waals surface area contributed by atoms with Crippen molar-refractivity contribution in [2.75, 3.05) is 0 Å². The number of H-pyrrole nitrogens is 1. The molecule has 3 atom stereocenters. The van der Waals surface area contributed by atoms with E-state index in [1.54, 1.807) is 6.07 Å². The van der Waals surface area contributed by atoms with Crippen molar-refractivity contribution < 1.29 is 4.39 Å². The molecule has 1 aromatic heterocycles. The Morgan fingerprint density at radius 1 is 1.33 bits per heavy atom. The highest BCUT2D eigenvalue weighted by Gasteiger charge is 2.39. The number of hydrogen-bond acceptors (Lipinski definition) is 3. The molecule has 2 aliphatic rings. The maximum atomic E-state index is 14.0. The van der Waals surface area contributed by atoms with Gasteiger partial charge in [-0.1, -0.05) is 11.3 Å². The van der Waals surface area contributed by atoms with E-state index in [1.807, 2.05) is 6.07 Å². The summed E-state index contributed by atoms with van der Waals surface area (Å²) in [6, 6.07) is 4.66. The van der Waals surface area contributed by atoms with Gasteiger partial charge < -0.3 is 10.3 Å². The number of nitrogens with one attached hydrogen (secondary N) is 2. The van der Waals surface area contributed by atoms with Crippen LogP contribution in [0.2, 0.25) is 0 Å². The molecule has 0 aliphatic carbocycles. The first kappa shape index (κ1) is 10.7. The molecule has 18 heavy (non-hydrogen) atoms. The molecule has 1 aromatic carbocycles. The van der Waals surface area contributed by atoms with Crippen LogP contribution in [0, 0.1) is 5.82 Å². The minimum atomic E-state index is -0.302. The lowest BCUT2D eigenvalue weighted by Gasteiger charge is -2.20. The zero-order valence-corrected chi connectivity index (χ0v) is 10.5. The van der Waals surface area contributed by atoms with Crippen LogP contribution in [0.15, 0.2) is 16.9 Å². The molecule has 4 rings (SSSR count). The van der Waals surface area contributed by atoms with Gasteiger partial charge in [0.1, 0.15) is 5.82 Å². The number of hydrogen-bond donors (Lipinski definition) is 2. The molecular formula is C13H13FN2OS. The Morgan fingerprint density at radius 3 is 2.94 bits per heavy atom. The van der Waals surface area contributed by atoms with Crippen molar-refractivity contribution in [3.8, 4) is 0 Å². The zero-order chi connectivity index (χ0) is 12.3. The summed E-state index contributed by atoms with van der Waals surface area (Å²) in [4.78, 5) is 13.6. The number of halogens is 1. The summed E-state index contributed by atoms with van der Waals surface area (Å²) >= 11 is 1.09. The third kappa shape index (κ3) is 1.47. The van der Waals surface area contributed by atoms with Crippen LogP contribution in [-0.2, 0) is 0 Å². The predicted molar refractivity (Wildman–Crippen MR) is 69.7 cm³/mol. The largest absolute Gasteiger partial charge is 0.311 e. The molecule has 3 nitrogen and oxygen atoms in total. The Kier molecular flexibility index (Phi) is 2.17. The van der Waals surface area contributed by atoms with Crippen molar-refractivity contribution in [3.05, 3.63) is 33.2 Å². The molecular weight excluding hydrogens is 251 g/mol. The quantitative estimate of drug-likeness (QED) is 0.830. The van der Waals surface area contributed by atoms with E-state index < -0.39 is 0 Å². The van der Waals surface area contributed by atoms with Crippen LogP contribution in [0.1, 0.15) is 30.7 Å². The van der Waals surface area contributed by atoms with Crippen LogP contribution in [0.5, 0.6) is 0 Å². The fourth-order valence-corrected chi connectivity index (χ4v) is 4.24. The molecule has 2 aromatic rings. The van der Waals surface area contributed by atoms with Gasteiger partial charge in [-0.3, -0.25) is 4.79 Å². The second-order valence-corrected chi connectivity index (χ2v) is 6.29. The summed E-state index contributed by atoms with van der Waals surface area (Å²) < 4.78 is 14.7. The number of fused-ring (bicyclic) bond motifs is 3. The highest BCUT2D eigenvalue weighted by atomic mass is 32.1. The first-order valence-corrected chi connectivity index (χ1v) is 7.10. The lowest BCUT2D eigenvalue weighted by molar-refractivity contribution is 0.504. The van der Waals surface area contributed by atoms with Crippen molar-refractivity contribution >= 4 is 21.6 Å². The van der Waals surface area contributed by atoms with E-state index in [1.165, 1.54) is 12.8 Å². The Hall–Kier alpha value is -1.20. The first-order valence-electron chi connectivity index (χ1n) is 6.29. The lowest BCUT2D eigenvalue weighted by atomic mass is 9.84. The predicted octanol–water partition coefficient (Wildman–Crippen LogP) is 2.34. The van der Waals surface area contributed by atoms with Gasteiger partial charge in [0.15, 0.2) is 0 Å².